The van der Waals surface area contributed by atoms with Crippen LogP contribution < -0.4 is 15.6 Å². The minimum absolute atomic E-state index is 0.0396. The number of amides is 2. The summed E-state index contributed by atoms with van der Waals surface area (Å²) in [7, 11) is 1.52. The Balaban J connectivity index is 1.94. The minimum Gasteiger partial charge on any atom is -0.496 e. The average Bonchev–Trinajstić information content (AvgIpc) is 2.53. The fourth-order valence-corrected chi connectivity index (χ4v) is 2.20. The van der Waals surface area contributed by atoms with Crippen molar-refractivity contribution in [2.24, 2.45) is 0 Å². The van der Waals surface area contributed by atoms with Crippen LogP contribution in [0, 0.1) is 6.92 Å². The summed E-state index contributed by atoms with van der Waals surface area (Å²) in [5, 5.41) is 0.511. The van der Waals surface area contributed by atoms with Crippen molar-refractivity contribution in [2.75, 3.05) is 7.11 Å². The van der Waals surface area contributed by atoms with Gasteiger partial charge in [-0.2, -0.15) is 0 Å². The molecule has 23 heavy (non-hydrogen) atoms. The van der Waals surface area contributed by atoms with Crippen molar-refractivity contribution in [3.05, 3.63) is 64.2 Å². The molecule has 0 bridgehead atoms. The van der Waals surface area contributed by atoms with Gasteiger partial charge in [0.15, 0.2) is 0 Å². The van der Waals surface area contributed by atoms with Crippen LogP contribution in [0.3, 0.4) is 0 Å². The van der Waals surface area contributed by atoms with Gasteiger partial charge in [0.2, 0.25) is 5.91 Å². The molecule has 0 aliphatic heterocycles. The first-order valence-corrected chi connectivity index (χ1v) is 7.35. The van der Waals surface area contributed by atoms with Crippen molar-refractivity contribution in [3.63, 3.8) is 0 Å². The Morgan fingerprint density at radius 1 is 1.09 bits per heavy atom. The highest BCUT2D eigenvalue weighted by molar-refractivity contribution is 6.30. The smallest absolute Gasteiger partial charge is 0.269 e. The molecule has 6 heteroatoms. The van der Waals surface area contributed by atoms with Crippen LogP contribution in [-0.4, -0.2) is 18.9 Å². The van der Waals surface area contributed by atoms with Crippen LogP contribution in [0.25, 0.3) is 0 Å². The number of nitrogens with one attached hydrogen (secondary N) is 2. The molecule has 0 saturated carbocycles. The Hall–Kier alpha value is -2.53. The summed E-state index contributed by atoms with van der Waals surface area (Å²) in [6.07, 6.45) is 0.0396. The topological polar surface area (TPSA) is 67.4 Å². The number of rotatable bonds is 4. The molecule has 120 valence electrons. The van der Waals surface area contributed by atoms with E-state index in [0.717, 1.165) is 5.56 Å². The summed E-state index contributed by atoms with van der Waals surface area (Å²) in [5.74, 6) is -0.183. The number of carbonyl (C=O) groups excluding carboxylic acids is 2. The van der Waals surface area contributed by atoms with Gasteiger partial charge in [-0.05, 0) is 37.3 Å². The summed E-state index contributed by atoms with van der Waals surface area (Å²) in [6.45, 7) is 1.93. The maximum absolute atomic E-state index is 12.0. The molecule has 0 saturated heterocycles. The van der Waals surface area contributed by atoms with Crippen LogP contribution in [0.15, 0.2) is 42.5 Å². The summed E-state index contributed by atoms with van der Waals surface area (Å²) in [4.78, 5) is 23.9. The van der Waals surface area contributed by atoms with Crippen molar-refractivity contribution in [3.8, 4) is 5.75 Å². The molecule has 2 aromatic carbocycles. The molecule has 0 aromatic heterocycles. The first kappa shape index (κ1) is 16.8. The first-order valence-electron chi connectivity index (χ1n) is 6.98. The average molecular weight is 333 g/mol. The summed E-state index contributed by atoms with van der Waals surface area (Å²) in [5.41, 5.74) is 6.92. The Morgan fingerprint density at radius 3 is 2.43 bits per heavy atom. The highest BCUT2D eigenvalue weighted by Gasteiger charge is 2.11. The lowest BCUT2D eigenvalue weighted by Gasteiger charge is -2.10. The monoisotopic (exact) mass is 332 g/mol. The third-order valence-corrected chi connectivity index (χ3v) is 3.46. The molecular formula is C17H17ClN2O3. The molecule has 2 rings (SSSR count). The molecule has 2 N–H and O–H groups in total. The van der Waals surface area contributed by atoms with Gasteiger partial charge in [0, 0.05) is 16.1 Å². The lowest BCUT2D eigenvalue weighted by molar-refractivity contribution is -0.121. The molecule has 0 unspecified atom stereocenters. The van der Waals surface area contributed by atoms with Crippen LogP contribution in [0.5, 0.6) is 5.75 Å². The molecule has 0 fully saturated rings. The summed E-state index contributed by atoms with van der Waals surface area (Å²) in [6, 6.07) is 12.1. The largest absolute Gasteiger partial charge is 0.496 e. The maximum atomic E-state index is 12.0. The second-order valence-corrected chi connectivity index (χ2v) is 5.44. The molecule has 5 nitrogen and oxygen atoms in total. The van der Waals surface area contributed by atoms with E-state index >= 15 is 0 Å². The molecule has 0 radical (unpaired) electrons. The van der Waals surface area contributed by atoms with Gasteiger partial charge in [-0.1, -0.05) is 29.3 Å². The number of aryl methyl sites for hydroxylation is 1. The van der Waals surface area contributed by atoms with E-state index in [-0.39, 0.29) is 18.2 Å². The van der Waals surface area contributed by atoms with E-state index in [0.29, 0.717) is 21.9 Å². The van der Waals surface area contributed by atoms with Crippen LogP contribution in [0.2, 0.25) is 5.02 Å². The van der Waals surface area contributed by atoms with E-state index in [4.69, 9.17) is 16.3 Å². The lowest BCUT2D eigenvalue weighted by Crippen LogP contribution is -2.42. The highest BCUT2D eigenvalue weighted by atomic mass is 35.5. The second kappa shape index (κ2) is 7.65. The number of hydrogen-bond donors (Lipinski definition) is 2. The van der Waals surface area contributed by atoms with Gasteiger partial charge in [-0.25, -0.2) is 0 Å². The predicted octanol–water partition coefficient (Wildman–Crippen LogP) is 2.66. The van der Waals surface area contributed by atoms with Crippen molar-refractivity contribution in [1.82, 2.24) is 10.9 Å². The summed E-state index contributed by atoms with van der Waals surface area (Å²) < 4.78 is 5.18. The van der Waals surface area contributed by atoms with Crippen molar-refractivity contribution >= 4 is 23.4 Å². The molecule has 0 aliphatic carbocycles. The minimum atomic E-state index is -0.378. The Kier molecular flexibility index (Phi) is 5.60. The number of hydrogen-bond acceptors (Lipinski definition) is 3. The molecular weight excluding hydrogens is 316 g/mol. The summed E-state index contributed by atoms with van der Waals surface area (Å²) >= 11 is 5.92. The third-order valence-electron chi connectivity index (χ3n) is 3.22. The fraction of sp³-hybridized carbons (Fsp3) is 0.176. The van der Waals surface area contributed by atoms with Gasteiger partial charge >= 0.3 is 0 Å². The zero-order valence-corrected chi connectivity index (χ0v) is 13.6. The van der Waals surface area contributed by atoms with Gasteiger partial charge in [-0.3, -0.25) is 20.4 Å². The predicted molar refractivity (Wildman–Crippen MR) is 88.5 cm³/mol. The van der Waals surface area contributed by atoms with Crippen molar-refractivity contribution in [1.29, 1.82) is 0 Å². The Bertz CT molecular complexity index is 714. The van der Waals surface area contributed by atoms with Gasteiger partial charge < -0.3 is 4.74 Å². The van der Waals surface area contributed by atoms with E-state index in [1.54, 1.807) is 30.3 Å². The number of ether oxygens (including phenoxy) is 1. The van der Waals surface area contributed by atoms with Crippen LogP contribution >= 0.6 is 11.6 Å². The van der Waals surface area contributed by atoms with Crippen molar-refractivity contribution in [2.45, 2.75) is 13.3 Å². The van der Waals surface area contributed by atoms with Crippen LogP contribution in [0.1, 0.15) is 21.5 Å². The highest BCUT2D eigenvalue weighted by Crippen LogP contribution is 2.22. The first-order chi connectivity index (χ1) is 11.0. The van der Waals surface area contributed by atoms with Gasteiger partial charge in [0.05, 0.1) is 13.5 Å². The van der Waals surface area contributed by atoms with Crippen molar-refractivity contribution < 1.29 is 14.3 Å². The van der Waals surface area contributed by atoms with E-state index in [2.05, 4.69) is 10.9 Å². The maximum Gasteiger partial charge on any atom is 0.269 e. The quantitative estimate of drug-likeness (QED) is 0.846. The third kappa shape index (κ3) is 4.72. The normalized spacial score (nSPS) is 10.0. The number of halogens is 1. The molecule has 0 atom stereocenters. The Morgan fingerprint density at radius 2 is 1.78 bits per heavy atom. The molecule has 2 aromatic rings. The zero-order chi connectivity index (χ0) is 16.8. The van der Waals surface area contributed by atoms with Crippen LogP contribution in [0.4, 0.5) is 0 Å². The van der Waals surface area contributed by atoms with E-state index in [9.17, 15) is 9.59 Å². The zero-order valence-electron chi connectivity index (χ0n) is 12.9. The molecule has 2 amide bonds. The molecule has 0 aliphatic rings. The molecule has 0 heterocycles. The van der Waals surface area contributed by atoms with E-state index < -0.39 is 0 Å². The van der Waals surface area contributed by atoms with Crippen LogP contribution in [-0.2, 0) is 11.2 Å². The van der Waals surface area contributed by atoms with Gasteiger partial charge in [-0.15, -0.1) is 0 Å². The van der Waals surface area contributed by atoms with Gasteiger partial charge in [0.1, 0.15) is 5.75 Å². The second-order valence-electron chi connectivity index (χ2n) is 5.00. The van der Waals surface area contributed by atoms with Gasteiger partial charge in [0.25, 0.3) is 5.91 Å². The Labute approximate surface area is 139 Å². The number of benzene rings is 2. The van der Waals surface area contributed by atoms with E-state index in [1.807, 2.05) is 19.1 Å². The lowest BCUT2D eigenvalue weighted by atomic mass is 10.1. The number of carbonyl (C=O) groups is 2. The standard InChI is InChI=1S/C17H17ClN2O3/c1-11-3-5-12(6-4-11)17(22)20-19-16(21)10-13-9-14(18)7-8-15(13)23-2/h3-9H,10H2,1-2H3,(H,19,21)(H,20,22). The number of hydrazine groups is 1. The number of methoxy groups -OCH3 is 1. The fourth-order valence-electron chi connectivity index (χ4n) is 2.01. The van der Waals surface area contributed by atoms with E-state index in [1.165, 1.54) is 7.11 Å². The molecule has 0 spiro atoms. The SMILES string of the molecule is COc1ccc(Cl)cc1CC(=O)NNC(=O)c1ccc(C)cc1.